The van der Waals surface area contributed by atoms with Crippen LogP contribution >= 0.6 is 45.9 Å². The van der Waals surface area contributed by atoms with E-state index in [-0.39, 0.29) is 0 Å². The molecule has 2 heterocycles. The van der Waals surface area contributed by atoms with E-state index in [1.165, 1.54) is 22.7 Å². The lowest BCUT2D eigenvalue weighted by atomic mass is 10.3. The van der Waals surface area contributed by atoms with Gasteiger partial charge in [-0.05, 0) is 12.1 Å². The summed E-state index contributed by atoms with van der Waals surface area (Å²) < 4.78 is 1.36. The second-order valence-electron chi connectivity index (χ2n) is 2.72. The summed E-state index contributed by atoms with van der Waals surface area (Å²) in [5.74, 6) is 0. The molecule has 0 saturated heterocycles. The van der Waals surface area contributed by atoms with Gasteiger partial charge in [-0.25, -0.2) is 4.98 Å². The van der Waals surface area contributed by atoms with E-state index in [0.29, 0.717) is 13.8 Å². The zero-order chi connectivity index (χ0) is 10.8. The van der Waals surface area contributed by atoms with Gasteiger partial charge in [-0.2, -0.15) is 0 Å². The molecule has 2 N–H and O–H groups in total. The predicted molar refractivity (Wildman–Crippen MR) is 69.8 cm³/mol. The van der Waals surface area contributed by atoms with Crippen molar-refractivity contribution in [2.75, 3.05) is 5.73 Å². The maximum Gasteiger partial charge on any atom is 0.180 e. The maximum atomic E-state index is 5.96. The van der Waals surface area contributed by atoms with Crippen LogP contribution in [0.25, 0.3) is 12.2 Å². The Balaban J connectivity index is 2.21. The number of nitrogen functional groups attached to an aromatic ring is 1. The van der Waals surface area contributed by atoms with Crippen LogP contribution in [-0.2, 0) is 0 Å². The molecule has 2 aromatic heterocycles. The van der Waals surface area contributed by atoms with Crippen molar-refractivity contribution in [3.8, 4) is 0 Å². The number of thiazole rings is 1. The zero-order valence-corrected chi connectivity index (χ0v) is 10.6. The minimum Gasteiger partial charge on any atom is -0.375 e. The number of thiophene rings is 1. The Kier molecular flexibility index (Phi) is 3.31. The molecule has 2 aromatic rings. The monoisotopic (exact) mass is 276 g/mol. The third-order valence-corrected chi connectivity index (χ3v) is 3.87. The van der Waals surface area contributed by atoms with Crippen molar-refractivity contribution >= 4 is 63.2 Å². The largest absolute Gasteiger partial charge is 0.375 e. The van der Waals surface area contributed by atoms with E-state index < -0.39 is 0 Å². The first-order valence-corrected chi connectivity index (χ1v) is 6.44. The molecule has 0 radical (unpaired) electrons. The quantitative estimate of drug-likeness (QED) is 0.890. The summed E-state index contributed by atoms with van der Waals surface area (Å²) in [6.45, 7) is 0. The van der Waals surface area contributed by atoms with Crippen LogP contribution in [0.4, 0.5) is 5.13 Å². The lowest BCUT2D eigenvalue weighted by molar-refractivity contribution is 1.39. The van der Waals surface area contributed by atoms with Crippen molar-refractivity contribution < 1.29 is 0 Å². The molecule has 0 spiro atoms. The fraction of sp³-hybridized carbons (Fsp3) is 0. The molecule has 0 unspecified atom stereocenters. The van der Waals surface area contributed by atoms with Crippen molar-refractivity contribution in [3.63, 3.8) is 0 Å². The Morgan fingerprint density at radius 1 is 1.33 bits per heavy atom. The molecule has 15 heavy (non-hydrogen) atoms. The van der Waals surface area contributed by atoms with Crippen molar-refractivity contribution in [2.24, 2.45) is 0 Å². The van der Waals surface area contributed by atoms with Crippen LogP contribution in [-0.4, -0.2) is 4.98 Å². The first kappa shape index (κ1) is 11.0. The molecule has 2 rings (SSSR count). The van der Waals surface area contributed by atoms with Gasteiger partial charge in [-0.3, -0.25) is 0 Å². The summed E-state index contributed by atoms with van der Waals surface area (Å²) in [5.41, 5.74) is 7.24. The van der Waals surface area contributed by atoms with Crippen LogP contribution in [0, 0.1) is 0 Å². The van der Waals surface area contributed by atoms with Crippen LogP contribution < -0.4 is 5.73 Å². The molecule has 0 saturated carbocycles. The normalized spacial score (nSPS) is 11.3. The summed E-state index contributed by atoms with van der Waals surface area (Å²) in [5, 5.41) is 2.44. The van der Waals surface area contributed by atoms with Gasteiger partial charge in [0.05, 0.1) is 10.0 Å². The molecule has 0 aliphatic heterocycles. The van der Waals surface area contributed by atoms with E-state index in [9.17, 15) is 0 Å². The summed E-state index contributed by atoms with van der Waals surface area (Å²) in [6, 6.07) is 1.82. The zero-order valence-electron chi connectivity index (χ0n) is 7.41. The molecule has 78 valence electrons. The third kappa shape index (κ3) is 2.72. The molecule has 0 bridgehead atoms. The lowest BCUT2D eigenvalue weighted by Gasteiger charge is -1.86. The van der Waals surface area contributed by atoms with E-state index in [1.807, 2.05) is 23.6 Å². The van der Waals surface area contributed by atoms with Gasteiger partial charge in [-0.1, -0.05) is 29.3 Å². The first-order chi connectivity index (χ1) is 7.15. The van der Waals surface area contributed by atoms with E-state index in [0.717, 1.165) is 11.3 Å². The smallest absolute Gasteiger partial charge is 0.180 e. The Bertz CT molecular complexity index is 502. The second-order valence-corrected chi connectivity index (χ2v) is 5.90. The maximum absolute atomic E-state index is 5.96. The highest BCUT2D eigenvalue weighted by Gasteiger charge is 2.02. The van der Waals surface area contributed by atoms with Crippen molar-refractivity contribution in [1.82, 2.24) is 4.98 Å². The van der Waals surface area contributed by atoms with E-state index in [4.69, 9.17) is 28.9 Å². The molecular formula is C9H6Cl2N2S2. The number of halogens is 2. The average molecular weight is 277 g/mol. The molecule has 0 aliphatic rings. The third-order valence-electron chi connectivity index (χ3n) is 1.66. The summed E-state index contributed by atoms with van der Waals surface area (Å²) in [4.78, 5) is 4.10. The highest BCUT2D eigenvalue weighted by Crippen LogP contribution is 2.32. The Labute approximate surface area is 105 Å². The number of hydrogen-bond donors (Lipinski definition) is 1. The van der Waals surface area contributed by atoms with E-state index in [1.54, 1.807) is 0 Å². The summed E-state index contributed by atoms with van der Waals surface area (Å²) in [7, 11) is 0. The fourth-order valence-corrected chi connectivity index (χ4v) is 2.99. The van der Waals surface area contributed by atoms with Crippen LogP contribution in [0.3, 0.4) is 0 Å². The van der Waals surface area contributed by atoms with Gasteiger partial charge in [-0.15, -0.1) is 22.7 Å². The van der Waals surface area contributed by atoms with Crippen LogP contribution in [0.15, 0.2) is 11.4 Å². The topological polar surface area (TPSA) is 38.9 Å². The Morgan fingerprint density at radius 3 is 2.67 bits per heavy atom. The Hall–Kier alpha value is -0.550. The summed E-state index contributed by atoms with van der Waals surface area (Å²) >= 11 is 14.5. The average Bonchev–Trinajstić information content (AvgIpc) is 2.70. The highest BCUT2D eigenvalue weighted by atomic mass is 35.5. The SMILES string of the molecule is Nc1nc(C=Cc2cc(Cl)sc2Cl)cs1. The minimum atomic E-state index is 0.559. The number of aromatic nitrogens is 1. The second kappa shape index (κ2) is 4.53. The number of anilines is 1. The van der Waals surface area contributed by atoms with Gasteiger partial charge in [0.1, 0.15) is 4.34 Å². The molecule has 0 fully saturated rings. The number of hydrogen-bond acceptors (Lipinski definition) is 4. The van der Waals surface area contributed by atoms with Gasteiger partial charge >= 0.3 is 0 Å². The van der Waals surface area contributed by atoms with Crippen molar-refractivity contribution in [1.29, 1.82) is 0 Å². The van der Waals surface area contributed by atoms with Gasteiger partial charge in [0.25, 0.3) is 0 Å². The molecular weight excluding hydrogens is 271 g/mol. The molecule has 0 amide bonds. The van der Waals surface area contributed by atoms with Gasteiger partial charge in [0, 0.05) is 10.9 Å². The van der Waals surface area contributed by atoms with Gasteiger partial charge in [0.2, 0.25) is 0 Å². The molecule has 2 nitrogen and oxygen atoms in total. The van der Waals surface area contributed by atoms with Gasteiger partial charge in [0.15, 0.2) is 5.13 Å². The lowest BCUT2D eigenvalue weighted by Crippen LogP contribution is -1.80. The van der Waals surface area contributed by atoms with Crippen LogP contribution in [0.1, 0.15) is 11.3 Å². The predicted octanol–water partition coefficient (Wildman–Crippen LogP) is 4.26. The van der Waals surface area contributed by atoms with E-state index in [2.05, 4.69) is 4.98 Å². The van der Waals surface area contributed by atoms with E-state index >= 15 is 0 Å². The van der Waals surface area contributed by atoms with Crippen molar-refractivity contribution in [3.05, 3.63) is 31.4 Å². The number of nitrogens with zero attached hydrogens (tertiary/aromatic N) is 1. The fourth-order valence-electron chi connectivity index (χ4n) is 1.02. The molecule has 6 heteroatoms. The van der Waals surface area contributed by atoms with Crippen LogP contribution in [0.2, 0.25) is 8.67 Å². The minimum absolute atomic E-state index is 0.559. The molecule has 0 atom stereocenters. The number of rotatable bonds is 2. The highest BCUT2D eigenvalue weighted by molar-refractivity contribution is 7.20. The van der Waals surface area contributed by atoms with Crippen molar-refractivity contribution in [2.45, 2.75) is 0 Å². The van der Waals surface area contributed by atoms with Crippen LogP contribution in [0.5, 0.6) is 0 Å². The summed E-state index contributed by atoms with van der Waals surface area (Å²) in [6.07, 6.45) is 3.73. The molecule has 0 aromatic carbocycles. The molecule has 0 aliphatic carbocycles. The standard InChI is InChI=1S/C9H6Cl2N2S2/c10-7-3-5(8(11)15-7)1-2-6-4-14-9(12)13-6/h1-4H,(H2,12,13). The first-order valence-electron chi connectivity index (χ1n) is 3.99. The number of nitrogens with two attached hydrogens (primary N) is 1. The Morgan fingerprint density at radius 2 is 2.13 bits per heavy atom. The van der Waals surface area contributed by atoms with Gasteiger partial charge < -0.3 is 5.73 Å².